The Labute approximate surface area is 165 Å². The molecule has 0 atom stereocenters. The first-order valence-electron chi connectivity index (χ1n) is 10.2. The number of anilines is 1. The summed E-state index contributed by atoms with van der Waals surface area (Å²) in [4.78, 5) is 3.01. The van der Waals surface area contributed by atoms with E-state index in [1.807, 2.05) is 30.3 Å². The molecule has 1 aromatic carbocycles. The number of fused-ring (bicyclic) bond motifs is 2. The van der Waals surface area contributed by atoms with Crippen LogP contribution in [0.5, 0.6) is 0 Å². The molecule has 0 unspecified atom stereocenters. The molecule has 0 saturated carbocycles. The average Bonchev–Trinajstić information content (AvgIpc) is 2.71. The zero-order valence-electron chi connectivity index (χ0n) is 16.5. The topological polar surface area (TPSA) is 89.0 Å². The highest BCUT2D eigenvalue weighted by Crippen LogP contribution is 2.32. The summed E-state index contributed by atoms with van der Waals surface area (Å²) in [7, 11) is 0. The highest BCUT2D eigenvalue weighted by atomic mass is 16.8. The second-order valence-corrected chi connectivity index (χ2v) is 7.09. The third-order valence-electron chi connectivity index (χ3n) is 4.99. The van der Waals surface area contributed by atoms with Crippen LogP contribution in [0.3, 0.4) is 0 Å². The highest BCUT2D eigenvalue weighted by molar-refractivity contribution is 6.00. The number of rotatable bonds is 10. The standard InChI is InChI=1S/C22H29N4O2/c1-2-3-4-7-14-23-15-9-16-24-22-17-10-5-6-11-18(17)25-19-12-8-13-20(21(19)22)26(27)28/h5-6,8,10-13,23-25H,2-4,7,9,14-16H2,1H3/q-1. The minimum absolute atomic E-state index is 0.121. The van der Waals surface area contributed by atoms with Gasteiger partial charge in [0.1, 0.15) is 0 Å². The Kier molecular flexibility index (Phi) is 7.14. The van der Waals surface area contributed by atoms with Gasteiger partial charge in [0.15, 0.2) is 0 Å². The van der Waals surface area contributed by atoms with E-state index in [-0.39, 0.29) is 10.3 Å². The zero-order valence-corrected chi connectivity index (χ0v) is 16.5. The maximum atomic E-state index is 11.6. The van der Waals surface area contributed by atoms with Gasteiger partial charge in [-0.15, -0.1) is 0 Å². The molecular weight excluding hydrogens is 352 g/mol. The number of benzene rings is 2. The number of hydrogen-bond acceptors (Lipinski definition) is 4. The van der Waals surface area contributed by atoms with Crippen molar-refractivity contribution >= 4 is 16.6 Å². The fourth-order valence-corrected chi connectivity index (χ4v) is 3.56. The number of nitrogens with zero attached hydrogens (tertiary/aromatic N) is 1. The van der Waals surface area contributed by atoms with Crippen LogP contribution in [0, 0.1) is 10.4 Å². The third kappa shape index (κ3) is 4.75. The molecule has 1 aliphatic heterocycles. The van der Waals surface area contributed by atoms with Crippen molar-refractivity contribution in [3.8, 4) is 11.3 Å². The maximum Gasteiger partial charge on any atom is 0.234 e. The molecule has 1 aliphatic carbocycles. The fraction of sp³-hybridized carbons (Fsp3) is 0.409. The lowest BCUT2D eigenvalue weighted by atomic mass is 10.0. The van der Waals surface area contributed by atoms with E-state index in [2.05, 4.69) is 22.5 Å². The van der Waals surface area contributed by atoms with Crippen molar-refractivity contribution in [2.24, 2.45) is 0 Å². The van der Waals surface area contributed by atoms with Crippen LogP contribution in [0.15, 0.2) is 42.5 Å². The monoisotopic (exact) mass is 381 g/mol. The van der Waals surface area contributed by atoms with Gasteiger partial charge in [0.05, 0.1) is 16.9 Å². The summed E-state index contributed by atoms with van der Waals surface area (Å²) >= 11 is 0. The molecule has 28 heavy (non-hydrogen) atoms. The van der Waals surface area contributed by atoms with Crippen molar-refractivity contribution in [3.63, 3.8) is 0 Å². The van der Waals surface area contributed by atoms with Crippen molar-refractivity contribution in [2.75, 3.05) is 25.0 Å². The SMILES string of the molecule is CCCCCCNCCCNc1c2c(=[N+]([O-])[O-])cccc-2[nH]c2ccccc12. The molecule has 0 radical (unpaired) electrons. The van der Waals surface area contributed by atoms with Crippen molar-refractivity contribution in [1.29, 1.82) is 0 Å². The number of hydrogen-bond donors (Lipinski definition) is 3. The smallest absolute Gasteiger partial charge is 0.234 e. The number of aromatic nitrogens is 1. The largest absolute Gasteiger partial charge is 0.612 e. The molecular formula is C22H29N4O2-. The van der Waals surface area contributed by atoms with Gasteiger partial charge in [-0.3, -0.25) is 0 Å². The van der Waals surface area contributed by atoms with E-state index in [0.29, 0.717) is 5.56 Å². The van der Waals surface area contributed by atoms with Crippen LogP contribution in [0.4, 0.5) is 5.69 Å². The summed E-state index contributed by atoms with van der Waals surface area (Å²) in [5.74, 6) is 0. The van der Waals surface area contributed by atoms with Crippen molar-refractivity contribution in [2.45, 2.75) is 39.0 Å². The van der Waals surface area contributed by atoms with Crippen LogP contribution in [0.1, 0.15) is 39.0 Å². The van der Waals surface area contributed by atoms with Crippen molar-refractivity contribution in [1.82, 2.24) is 15.2 Å². The second kappa shape index (κ2) is 9.99. The number of para-hydroxylation sites is 1. The van der Waals surface area contributed by atoms with Crippen LogP contribution < -0.4 is 20.9 Å². The van der Waals surface area contributed by atoms with Gasteiger partial charge < -0.3 is 26.0 Å². The first-order valence-corrected chi connectivity index (χ1v) is 10.2. The first kappa shape index (κ1) is 20.0. The average molecular weight is 382 g/mol. The molecule has 0 amide bonds. The normalized spacial score (nSPS) is 11.2. The van der Waals surface area contributed by atoms with Crippen molar-refractivity contribution in [3.05, 3.63) is 58.2 Å². The first-order chi connectivity index (χ1) is 13.7. The zero-order chi connectivity index (χ0) is 19.8. The van der Waals surface area contributed by atoms with Gasteiger partial charge >= 0.3 is 0 Å². The Morgan fingerprint density at radius 3 is 2.54 bits per heavy atom. The van der Waals surface area contributed by atoms with E-state index in [0.717, 1.165) is 48.3 Å². The summed E-state index contributed by atoms with van der Waals surface area (Å²) in [6.45, 7) is 4.98. The lowest BCUT2D eigenvalue weighted by Gasteiger charge is -2.18. The molecule has 1 aromatic rings. The maximum absolute atomic E-state index is 11.6. The number of pyridine rings is 1. The Morgan fingerprint density at radius 1 is 0.893 bits per heavy atom. The number of aromatic amines is 1. The van der Waals surface area contributed by atoms with Crippen LogP contribution in [-0.2, 0) is 0 Å². The van der Waals surface area contributed by atoms with E-state index in [9.17, 15) is 10.4 Å². The molecule has 3 N–H and O–H groups in total. The molecule has 0 fully saturated rings. The number of H-pyrrole nitrogens is 1. The molecule has 0 bridgehead atoms. The molecule has 6 nitrogen and oxygen atoms in total. The van der Waals surface area contributed by atoms with Gasteiger partial charge in [-0.25, -0.2) is 0 Å². The van der Waals surface area contributed by atoms with Crippen LogP contribution in [0.25, 0.3) is 22.2 Å². The van der Waals surface area contributed by atoms with Gasteiger partial charge in [0.2, 0.25) is 5.36 Å². The van der Waals surface area contributed by atoms with Crippen LogP contribution >= 0.6 is 0 Å². The van der Waals surface area contributed by atoms with E-state index in [1.54, 1.807) is 12.1 Å². The lowest BCUT2D eigenvalue weighted by molar-refractivity contribution is 0.591. The van der Waals surface area contributed by atoms with E-state index in [1.165, 1.54) is 25.7 Å². The highest BCUT2D eigenvalue weighted by Gasteiger charge is 2.17. The summed E-state index contributed by atoms with van der Waals surface area (Å²) in [6.07, 6.45) is 6.02. The van der Waals surface area contributed by atoms with Gasteiger partial charge in [0.25, 0.3) is 0 Å². The summed E-state index contributed by atoms with van der Waals surface area (Å²) < 4.78 is 0. The molecule has 3 rings (SSSR count). The third-order valence-corrected chi connectivity index (χ3v) is 4.99. The second-order valence-electron chi connectivity index (χ2n) is 7.09. The number of nitrogens with one attached hydrogen (secondary N) is 3. The van der Waals surface area contributed by atoms with Crippen molar-refractivity contribution < 1.29 is 0 Å². The Morgan fingerprint density at radius 2 is 1.71 bits per heavy atom. The minimum Gasteiger partial charge on any atom is -0.612 e. The fourth-order valence-electron chi connectivity index (χ4n) is 3.56. The van der Waals surface area contributed by atoms with Gasteiger partial charge in [-0.1, -0.05) is 50.5 Å². The summed E-state index contributed by atoms with van der Waals surface area (Å²) in [5.41, 5.74) is 3.20. The van der Waals surface area contributed by atoms with Crippen LogP contribution in [-0.4, -0.2) is 24.6 Å². The van der Waals surface area contributed by atoms with Gasteiger partial charge in [0, 0.05) is 23.5 Å². The molecule has 1 heterocycles. The predicted molar refractivity (Wildman–Crippen MR) is 117 cm³/mol. The predicted octanol–water partition coefficient (Wildman–Crippen LogP) is 4.01. The Bertz CT molecular complexity index is 931. The van der Waals surface area contributed by atoms with Gasteiger partial charge in [-0.05, 0) is 38.1 Å². The molecule has 2 aliphatic rings. The van der Waals surface area contributed by atoms with E-state index >= 15 is 0 Å². The Balaban J connectivity index is 1.75. The quantitative estimate of drug-likeness (QED) is 0.281. The molecule has 0 saturated heterocycles. The van der Waals surface area contributed by atoms with Crippen LogP contribution in [0.2, 0.25) is 0 Å². The lowest BCUT2D eigenvalue weighted by Crippen LogP contribution is -2.24. The minimum atomic E-state index is -0.312. The molecule has 0 aromatic heterocycles. The van der Waals surface area contributed by atoms with Gasteiger partial charge in [-0.2, -0.15) is 4.90 Å². The summed E-state index contributed by atoms with van der Waals surface area (Å²) in [5, 5.41) is 31.2. The van der Waals surface area contributed by atoms with E-state index < -0.39 is 0 Å². The van der Waals surface area contributed by atoms with E-state index in [4.69, 9.17) is 0 Å². The number of unbranched alkanes of at least 4 members (excludes halogenated alkanes) is 3. The summed E-state index contributed by atoms with van der Waals surface area (Å²) in [6, 6.07) is 13.1. The Hall–Kier alpha value is -2.73. The molecule has 0 spiro atoms. The molecule has 150 valence electrons. The molecule has 6 heteroatoms.